The minimum Gasteiger partial charge on any atom is -0.465 e. The molecule has 0 radical (unpaired) electrons. The fourth-order valence-corrected chi connectivity index (χ4v) is 8.61. The van der Waals surface area contributed by atoms with Crippen molar-refractivity contribution in [2.75, 3.05) is 7.11 Å². The SMILES string of the molecule is COC(=O)c1ccc(-n2ncc(C(=O)NC3C4CC5CC(C4)CC3C5)c2SC2CCCC2)cc1. The molecule has 4 bridgehead atoms. The van der Waals surface area contributed by atoms with E-state index in [9.17, 15) is 9.59 Å². The minimum absolute atomic E-state index is 0.0235. The first-order valence-electron chi connectivity index (χ1n) is 12.8. The third-order valence-electron chi connectivity index (χ3n) is 8.61. The van der Waals surface area contributed by atoms with Crippen LogP contribution in [-0.4, -0.2) is 40.1 Å². The molecule has 5 aliphatic rings. The summed E-state index contributed by atoms with van der Waals surface area (Å²) in [7, 11) is 1.38. The Morgan fingerprint density at radius 3 is 2.26 bits per heavy atom. The molecule has 1 aromatic heterocycles. The molecular weight excluding hydrogens is 446 g/mol. The Morgan fingerprint density at radius 1 is 1.00 bits per heavy atom. The standard InChI is InChI=1S/C27H33N3O3S/c1-33-27(32)18-6-8-21(9-7-18)30-26(34-22-4-2-3-5-22)23(15-28-30)25(31)29-24-19-11-16-10-17(13-19)14-20(24)12-16/h6-9,15-17,19-20,22,24H,2-5,10-14H2,1H3,(H,29,31). The first kappa shape index (κ1) is 22.2. The molecule has 180 valence electrons. The molecule has 7 rings (SSSR count). The third kappa shape index (κ3) is 4.06. The number of hydrogen-bond donors (Lipinski definition) is 1. The van der Waals surface area contributed by atoms with E-state index in [0.717, 1.165) is 22.5 Å². The smallest absolute Gasteiger partial charge is 0.337 e. The molecule has 0 atom stereocenters. The molecule has 5 fully saturated rings. The van der Waals surface area contributed by atoms with Crippen molar-refractivity contribution in [2.24, 2.45) is 23.7 Å². The number of nitrogens with zero attached hydrogens (tertiary/aromatic N) is 2. The fraction of sp³-hybridized carbons (Fsp3) is 0.593. The van der Waals surface area contributed by atoms with Crippen LogP contribution in [0.25, 0.3) is 5.69 Å². The number of benzene rings is 1. The van der Waals surface area contributed by atoms with E-state index in [1.54, 1.807) is 30.1 Å². The number of rotatable bonds is 6. The van der Waals surface area contributed by atoms with Crippen molar-refractivity contribution in [1.82, 2.24) is 15.1 Å². The fourth-order valence-electron chi connectivity index (χ4n) is 7.20. The van der Waals surface area contributed by atoms with Gasteiger partial charge >= 0.3 is 5.97 Å². The van der Waals surface area contributed by atoms with Gasteiger partial charge in [-0.3, -0.25) is 4.79 Å². The lowest BCUT2D eigenvalue weighted by Gasteiger charge is -2.54. The van der Waals surface area contributed by atoms with Gasteiger partial charge in [0.1, 0.15) is 5.03 Å². The van der Waals surface area contributed by atoms with Gasteiger partial charge in [-0.2, -0.15) is 5.10 Å². The van der Waals surface area contributed by atoms with Gasteiger partial charge in [0, 0.05) is 11.3 Å². The van der Waals surface area contributed by atoms with Gasteiger partial charge in [0.15, 0.2) is 0 Å². The van der Waals surface area contributed by atoms with Gasteiger partial charge in [-0.25, -0.2) is 9.48 Å². The van der Waals surface area contributed by atoms with Gasteiger partial charge < -0.3 is 10.1 Å². The molecule has 5 saturated carbocycles. The summed E-state index contributed by atoms with van der Waals surface area (Å²) in [6.45, 7) is 0. The van der Waals surface area contributed by atoms with Crippen LogP contribution in [0.15, 0.2) is 35.5 Å². The summed E-state index contributed by atoms with van der Waals surface area (Å²) >= 11 is 1.79. The van der Waals surface area contributed by atoms with Crippen LogP contribution < -0.4 is 5.32 Å². The summed E-state index contributed by atoms with van der Waals surface area (Å²) < 4.78 is 6.70. The van der Waals surface area contributed by atoms with E-state index in [0.29, 0.717) is 34.3 Å². The van der Waals surface area contributed by atoms with Crippen LogP contribution in [0.1, 0.15) is 78.5 Å². The van der Waals surface area contributed by atoms with E-state index in [4.69, 9.17) is 4.74 Å². The molecule has 0 spiro atoms. The van der Waals surface area contributed by atoms with Crippen molar-refractivity contribution in [3.05, 3.63) is 41.6 Å². The second kappa shape index (κ2) is 9.06. The molecule has 0 saturated heterocycles. The summed E-state index contributed by atoms with van der Waals surface area (Å²) in [6, 6.07) is 7.56. The summed E-state index contributed by atoms with van der Waals surface area (Å²) in [5, 5.41) is 9.55. The molecule has 2 aromatic rings. The number of carbonyl (C=O) groups is 2. The van der Waals surface area contributed by atoms with Gasteiger partial charge in [-0.15, -0.1) is 11.8 Å². The molecule has 7 heteroatoms. The van der Waals surface area contributed by atoms with E-state index in [1.165, 1.54) is 64.9 Å². The molecule has 5 aliphatic carbocycles. The van der Waals surface area contributed by atoms with Gasteiger partial charge in [0.25, 0.3) is 5.91 Å². The minimum atomic E-state index is -0.358. The topological polar surface area (TPSA) is 73.2 Å². The maximum absolute atomic E-state index is 13.6. The summed E-state index contributed by atoms with van der Waals surface area (Å²) in [5.74, 6) is 2.73. The Labute approximate surface area is 205 Å². The number of aromatic nitrogens is 2. The zero-order valence-corrected chi connectivity index (χ0v) is 20.6. The molecule has 1 aromatic carbocycles. The van der Waals surface area contributed by atoms with Gasteiger partial charge in [-0.05, 0) is 92.9 Å². The van der Waals surface area contributed by atoms with Crippen LogP contribution >= 0.6 is 11.8 Å². The first-order valence-corrected chi connectivity index (χ1v) is 13.7. The van der Waals surface area contributed by atoms with Gasteiger partial charge in [0.2, 0.25) is 0 Å². The van der Waals surface area contributed by atoms with Crippen LogP contribution in [0.2, 0.25) is 0 Å². The van der Waals surface area contributed by atoms with E-state index in [1.807, 2.05) is 16.8 Å². The quantitative estimate of drug-likeness (QED) is 0.573. The number of carbonyl (C=O) groups excluding carboxylic acids is 2. The molecule has 34 heavy (non-hydrogen) atoms. The predicted octanol–water partition coefficient (Wildman–Crippen LogP) is 5.25. The largest absolute Gasteiger partial charge is 0.465 e. The van der Waals surface area contributed by atoms with Crippen LogP contribution in [0.5, 0.6) is 0 Å². The second-order valence-corrected chi connectivity index (χ2v) is 12.1. The highest BCUT2D eigenvalue weighted by molar-refractivity contribution is 8.00. The monoisotopic (exact) mass is 479 g/mol. The third-order valence-corrected chi connectivity index (χ3v) is 10.0. The maximum Gasteiger partial charge on any atom is 0.337 e. The number of methoxy groups -OCH3 is 1. The average molecular weight is 480 g/mol. The number of hydrogen-bond acceptors (Lipinski definition) is 5. The molecule has 6 nitrogen and oxygen atoms in total. The zero-order chi connectivity index (χ0) is 23.2. The zero-order valence-electron chi connectivity index (χ0n) is 19.7. The number of thioether (sulfide) groups is 1. The van der Waals surface area contributed by atoms with Gasteiger partial charge in [-0.1, -0.05) is 12.8 Å². The number of ether oxygens (including phenoxy) is 1. The lowest BCUT2D eigenvalue weighted by atomic mass is 9.54. The van der Waals surface area contributed by atoms with Crippen molar-refractivity contribution in [2.45, 2.75) is 74.1 Å². The summed E-state index contributed by atoms with van der Waals surface area (Å²) in [6.07, 6.45) is 13.1. The lowest BCUT2D eigenvalue weighted by molar-refractivity contribution is -0.0120. The van der Waals surface area contributed by atoms with Crippen LogP contribution in [0.3, 0.4) is 0 Å². The average Bonchev–Trinajstić information content (AvgIpc) is 3.51. The summed E-state index contributed by atoms with van der Waals surface area (Å²) in [4.78, 5) is 25.5. The van der Waals surface area contributed by atoms with Crippen molar-refractivity contribution in [1.29, 1.82) is 0 Å². The van der Waals surface area contributed by atoms with Crippen LogP contribution in [0.4, 0.5) is 0 Å². The van der Waals surface area contributed by atoms with E-state index in [2.05, 4.69) is 10.4 Å². The number of nitrogens with one attached hydrogen (secondary N) is 1. The molecule has 1 N–H and O–H groups in total. The molecular formula is C27H33N3O3S. The van der Waals surface area contributed by atoms with Crippen molar-refractivity contribution < 1.29 is 14.3 Å². The molecule has 0 aliphatic heterocycles. The Kier molecular flexibility index (Phi) is 5.92. The maximum atomic E-state index is 13.6. The predicted molar refractivity (Wildman–Crippen MR) is 131 cm³/mol. The Morgan fingerprint density at radius 2 is 1.65 bits per heavy atom. The van der Waals surface area contributed by atoms with Crippen molar-refractivity contribution >= 4 is 23.6 Å². The second-order valence-electron chi connectivity index (χ2n) is 10.8. The number of amides is 1. The van der Waals surface area contributed by atoms with Crippen molar-refractivity contribution in [3.63, 3.8) is 0 Å². The normalized spacial score (nSPS) is 30.0. The highest BCUT2D eigenvalue weighted by Gasteiger charge is 2.48. The number of esters is 1. The Hall–Kier alpha value is -2.28. The van der Waals surface area contributed by atoms with Gasteiger partial charge in [0.05, 0.1) is 30.1 Å². The molecule has 1 amide bonds. The lowest BCUT2D eigenvalue weighted by Crippen LogP contribution is -2.55. The van der Waals surface area contributed by atoms with Crippen molar-refractivity contribution in [3.8, 4) is 5.69 Å². The Bertz CT molecular complexity index is 1050. The van der Waals surface area contributed by atoms with Crippen LogP contribution in [0, 0.1) is 23.7 Å². The molecule has 1 heterocycles. The summed E-state index contributed by atoms with van der Waals surface area (Å²) in [5.41, 5.74) is 2.04. The highest BCUT2D eigenvalue weighted by atomic mass is 32.2. The highest BCUT2D eigenvalue weighted by Crippen LogP contribution is 2.53. The molecule has 0 unspecified atom stereocenters. The first-order chi connectivity index (χ1) is 16.6. The van der Waals surface area contributed by atoms with E-state index in [-0.39, 0.29) is 11.9 Å². The Balaban J connectivity index is 1.27. The van der Waals surface area contributed by atoms with Crippen LogP contribution in [-0.2, 0) is 4.74 Å². The van der Waals surface area contributed by atoms with E-state index >= 15 is 0 Å². The van der Waals surface area contributed by atoms with E-state index < -0.39 is 0 Å².